The summed E-state index contributed by atoms with van der Waals surface area (Å²) in [6.07, 6.45) is 4.73. The van der Waals surface area contributed by atoms with Crippen LogP contribution in [-0.2, 0) is 4.79 Å². The number of hydrogen-bond acceptors (Lipinski definition) is 3. The largest absolute Gasteiger partial charge is 0.338 e. The van der Waals surface area contributed by atoms with Gasteiger partial charge in [-0.05, 0) is 11.1 Å². The van der Waals surface area contributed by atoms with Crippen molar-refractivity contribution in [3.8, 4) is 0 Å². The van der Waals surface area contributed by atoms with Crippen molar-refractivity contribution in [1.82, 2.24) is 19.4 Å². The topological polar surface area (TPSA) is 58.4 Å². The quantitative estimate of drug-likeness (QED) is 0.708. The third-order valence-corrected chi connectivity index (χ3v) is 5.10. The highest BCUT2D eigenvalue weighted by atomic mass is 16.2. The minimum Gasteiger partial charge on any atom is -0.338 e. The molecule has 0 unspecified atom stereocenters. The highest BCUT2D eigenvalue weighted by Crippen LogP contribution is 2.27. The molecule has 0 atom stereocenters. The Balaban J connectivity index is 1.50. The molecule has 1 saturated heterocycles. The summed E-state index contributed by atoms with van der Waals surface area (Å²) < 4.78 is 1.47. The Morgan fingerprint density at radius 1 is 0.786 bits per heavy atom. The molecule has 28 heavy (non-hydrogen) atoms. The average molecular weight is 374 g/mol. The molecule has 1 aliphatic heterocycles. The van der Waals surface area contributed by atoms with Gasteiger partial charge in [0.1, 0.15) is 6.33 Å². The number of carbonyl (C=O) groups excluding carboxylic acids is 2. The van der Waals surface area contributed by atoms with Gasteiger partial charge in [-0.3, -0.25) is 9.36 Å². The summed E-state index contributed by atoms with van der Waals surface area (Å²) in [5.74, 6) is -0.259. The zero-order valence-electron chi connectivity index (χ0n) is 15.5. The second-order valence-corrected chi connectivity index (χ2v) is 6.82. The fraction of sp³-hybridized carbons (Fsp3) is 0.227. The van der Waals surface area contributed by atoms with E-state index >= 15 is 0 Å². The highest BCUT2D eigenvalue weighted by molar-refractivity contribution is 5.87. The molecule has 0 spiro atoms. The second-order valence-electron chi connectivity index (χ2n) is 6.82. The summed E-state index contributed by atoms with van der Waals surface area (Å²) in [4.78, 5) is 33.4. The molecule has 1 aromatic heterocycles. The summed E-state index contributed by atoms with van der Waals surface area (Å²) in [7, 11) is 0. The van der Waals surface area contributed by atoms with Gasteiger partial charge in [-0.25, -0.2) is 9.78 Å². The van der Waals surface area contributed by atoms with Crippen molar-refractivity contribution < 1.29 is 9.59 Å². The molecule has 4 rings (SSSR count). The van der Waals surface area contributed by atoms with Crippen molar-refractivity contribution in [3.63, 3.8) is 0 Å². The van der Waals surface area contributed by atoms with Crippen molar-refractivity contribution >= 4 is 11.9 Å². The summed E-state index contributed by atoms with van der Waals surface area (Å²) in [5, 5.41) is 0. The lowest BCUT2D eigenvalue weighted by Crippen LogP contribution is -2.52. The van der Waals surface area contributed by atoms with Crippen LogP contribution in [0.15, 0.2) is 79.4 Å². The van der Waals surface area contributed by atoms with Crippen LogP contribution in [0.4, 0.5) is 4.79 Å². The van der Waals surface area contributed by atoms with E-state index in [2.05, 4.69) is 4.98 Å². The highest BCUT2D eigenvalue weighted by Gasteiger charge is 2.31. The number of benzene rings is 2. The predicted octanol–water partition coefficient (Wildman–Crippen LogP) is 2.83. The van der Waals surface area contributed by atoms with Gasteiger partial charge in [0.15, 0.2) is 0 Å². The monoisotopic (exact) mass is 374 g/mol. The number of piperazine rings is 1. The smallest absolute Gasteiger partial charge is 0.329 e. The predicted molar refractivity (Wildman–Crippen MR) is 106 cm³/mol. The van der Waals surface area contributed by atoms with E-state index in [0.29, 0.717) is 26.2 Å². The van der Waals surface area contributed by atoms with E-state index in [-0.39, 0.29) is 17.9 Å². The third kappa shape index (κ3) is 3.67. The van der Waals surface area contributed by atoms with Crippen molar-refractivity contribution in [1.29, 1.82) is 0 Å². The van der Waals surface area contributed by atoms with Crippen LogP contribution in [0.1, 0.15) is 17.0 Å². The molecule has 0 radical (unpaired) electrons. The van der Waals surface area contributed by atoms with Gasteiger partial charge >= 0.3 is 6.03 Å². The number of amides is 2. The number of imidazole rings is 1. The van der Waals surface area contributed by atoms with Gasteiger partial charge in [0.05, 0.1) is 5.92 Å². The molecule has 0 saturated carbocycles. The van der Waals surface area contributed by atoms with E-state index in [9.17, 15) is 9.59 Å². The Kier molecular flexibility index (Phi) is 5.19. The Bertz CT molecular complexity index is 878. The van der Waals surface area contributed by atoms with Crippen LogP contribution in [0.3, 0.4) is 0 Å². The first-order valence-electron chi connectivity index (χ1n) is 9.40. The van der Waals surface area contributed by atoms with Gasteiger partial charge in [0, 0.05) is 38.6 Å². The summed E-state index contributed by atoms with van der Waals surface area (Å²) >= 11 is 0. The maximum absolute atomic E-state index is 13.4. The summed E-state index contributed by atoms with van der Waals surface area (Å²) in [5.41, 5.74) is 1.96. The Hall–Kier alpha value is -3.41. The maximum Gasteiger partial charge on any atom is 0.329 e. The van der Waals surface area contributed by atoms with Gasteiger partial charge in [0.25, 0.3) is 0 Å². The first-order chi connectivity index (χ1) is 13.7. The minimum atomic E-state index is -0.335. The Morgan fingerprint density at radius 2 is 1.32 bits per heavy atom. The standard InChI is InChI=1S/C22H22N4O2/c27-21(20(18-7-3-1-4-8-18)19-9-5-2-6-10-19)24-13-15-25(16-14-24)22(28)26-12-11-23-17-26/h1-12,17,20H,13-16H2. The molecule has 3 aromatic rings. The molecular weight excluding hydrogens is 352 g/mol. The van der Waals surface area contributed by atoms with Crippen LogP contribution < -0.4 is 0 Å². The number of aromatic nitrogens is 2. The van der Waals surface area contributed by atoms with E-state index < -0.39 is 0 Å². The second kappa shape index (κ2) is 8.08. The van der Waals surface area contributed by atoms with Crippen LogP contribution >= 0.6 is 0 Å². The Labute approximate surface area is 164 Å². The fourth-order valence-corrected chi connectivity index (χ4v) is 3.60. The molecule has 0 bridgehead atoms. The van der Waals surface area contributed by atoms with Crippen LogP contribution in [0.5, 0.6) is 0 Å². The van der Waals surface area contributed by atoms with Crippen molar-refractivity contribution in [3.05, 3.63) is 90.5 Å². The third-order valence-electron chi connectivity index (χ3n) is 5.10. The van der Waals surface area contributed by atoms with Gasteiger partial charge in [-0.1, -0.05) is 60.7 Å². The first kappa shape index (κ1) is 18.0. The molecule has 0 aliphatic carbocycles. The molecule has 2 amide bonds. The number of nitrogens with zero attached hydrogens (tertiary/aromatic N) is 4. The van der Waals surface area contributed by atoms with Gasteiger partial charge < -0.3 is 9.80 Å². The lowest BCUT2D eigenvalue weighted by atomic mass is 9.90. The number of hydrogen-bond donors (Lipinski definition) is 0. The van der Waals surface area contributed by atoms with Gasteiger partial charge in [-0.15, -0.1) is 0 Å². The van der Waals surface area contributed by atoms with E-state index in [1.54, 1.807) is 17.3 Å². The van der Waals surface area contributed by atoms with E-state index in [4.69, 9.17) is 0 Å². The molecule has 6 nitrogen and oxygen atoms in total. The van der Waals surface area contributed by atoms with E-state index in [1.165, 1.54) is 10.9 Å². The van der Waals surface area contributed by atoms with E-state index in [0.717, 1.165) is 11.1 Å². The molecule has 2 aromatic carbocycles. The molecule has 0 N–H and O–H groups in total. The normalized spacial score (nSPS) is 14.3. The van der Waals surface area contributed by atoms with Crippen LogP contribution in [-0.4, -0.2) is 57.5 Å². The van der Waals surface area contributed by atoms with Crippen molar-refractivity contribution in [2.24, 2.45) is 0 Å². The Morgan fingerprint density at radius 3 is 1.82 bits per heavy atom. The zero-order chi connectivity index (χ0) is 19.3. The molecular formula is C22H22N4O2. The number of carbonyl (C=O) groups is 2. The molecule has 142 valence electrons. The lowest BCUT2D eigenvalue weighted by Gasteiger charge is -2.36. The molecule has 1 aliphatic rings. The van der Waals surface area contributed by atoms with Gasteiger partial charge in [-0.2, -0.15) is 0 Å². The van der Waals surface area contributed by atoms with Crippen LogP contribution in [0, 0.1) is 0 Å². The van der Waals surface area contributed by atoms with Crippen molar-refractivity contribution in [2.75, 3.05) is 26.2 Å². The summed E-state index contributed by atoms with van der Waals surface area (Å²) in [6, 6.07) is 19.6. The maximum atomic E-state index is 13.4. The van der Waals surface area contributed by atoms with Crippen LogP contribution in [0.25, 0.3) is 0 Å². The van der Waals surface area contributed by atoms with Gasteiger partial charge in [0.2, 0.25) is 5.91 Å². The SMILES string of the molecule is O=C(C(c1ccccc1)c1ccccc1)N1CCN(C(=O)n2ccnc2)CC1. The molecule has 6 heteroatoms. The fourth-order valence-electron chi connectivity index (χ4n) is 3.60. The van der Waals surface area contributed by atoms with E-state index in [1.807, 2.05) is 65.6 Å². The van der Waals surface area contributed by atoms with Crippen molar-refractivity contribution in [2.45, 2.75) is 5.92 Å². The van der Waals surface area contributed by atoms with Crippen LogP contribution in [0.2, 0.25) is 0 Å². The molecule has 2 heterocycles. The lowest BCUT2D eigenvalue weighted by molar-refractivity contribution is -0.133. The summed E-state index contributed by atoms with van der Waals surface area (Å²) in [6.45, 7) is 2.07. The first-order valence-corrected chi connectivity index (χ1v) is 9.40. The minimum absolute atomic E-state index is 0.0760. The number of rotatable bonds is 3. The average Bonchev–Trinajstić information content (AvgIpc) is 3.30. The molecule has 1 fully saturated rings. The zero-order valence-corrected chi connectivity index (χ0v) is 15.5.